The summed E-state index contributed by atoms with van der Waals surface area (Å²) in [4.78, 5) is 21.9. The maximum atomic E-state index is 12.3. The Bertz CT molecular complexity index is 648. The number of ether oxygens (including phenoxy) is 1. The van der Waals surface area contributed by atoms with Crippen molar-refractivity contribution in [2.75, 3.05) is 7.11 Å². The number of carboxylic acid groups (broad SMARTS) is 1. The number of esters is 1. The topological polar surface area (TPSA) is 110 Å². The van der Waals surface area contributed by atoms with E-state index in [0.717, 1.165) is 0 Å². The van der Waals surface area contributed by atoms with Crippen molar-refractivity contribution >= 4 is 22.0 Å². The summed E-state index contributed by atoms with van der Waals surface area (Å²) in [6.07, 6.45) is 0.0125. The van der Waals surface area contributed by atoms with Gasteiger partial charge in [-0.2, -0.15) is 0 Å². The smallest absolute Gasteiger partial charge is 0.337 e. The van der Waals surface area contributed by atoms with Crippen molar-refractivity contribution in [3.05, 3.63) is 29.8 Å². The molecule has 0 unspecified atom stereocenters. The van der Waals surface area contributed by atoms with Crippen LogP contribution in [0.5, 0.6) is 0 Å². The summed E-state index contributed by atoms with van der Waals surface area (Å²) >= 11 is 0. The fraction of sp³-hybridized carbons (Fsp3) is 0.429. The van der Waals surface area contributed by atoms with E-state index in [1.807, 2.05) is 0 Å². The monoisotopic (exact) mass is 329 g/mol. The zero-order chi connectivity index (χ0) is 17.0. The van der Waals surface area contributed by atoms with E-state index in [-0.39, 0.29) is 23.3 Å². The van der Waals surface area contributed by atoms with Crippen molar-refractivity contribution in [3.8, 4) is 0 Å². The molecule has 1 aromatic carbocycles. The van der Waals surface area contributed by atoms with E-state index < -0.39 is 27.5 Å². The third kappa shape index (κ3) is 5.12. The van der Waals surface area contributed by atoms with E-state index in [9.17, 15) is 18.0 Å². The van der Waals surface area contributed by atoms with E-state index in [2.05, 4.69) is 9.46 Å². The molecule has 0 heterocycles. The molecule has 2 N–H and O–H groups in total. The van der Waals surface area contributed by atoms with Gasteiger partial charge in [0.1, 0.15) is 0 Å². The van der Waals surface area contributed by atoms with Gasteiger partial charge in [-0.1, -0.05) is 0 Å². The number of carbonyl (C=O) groups excluding carboxylic acids is 1. The van der Waals surface area contributed by atoms with Crippen molar-refractivity contribution in [3.63, 3.8) is 0 Å². The quantitative estimate of drug-likeness (QED) is 0.732. The molecule has 0 atom stereocenters. The van der Waals surface area contributed by atoms with Crippen molar-refractivity contribution in [2.24, 2.45) is 0 Å². The first-order valence-electron chi connectivity index (χ1n) is 6.51. The molecule has 1 rings (SSSR count). The van der Waals surface area contributed by atoms with Crippen LogP contribution in [0.4, 0.5) is 0 Å². The summed E-state index contributed by atoms with van der Waals surface area (Å²) in [5.41, 5.74) is -0.662. The van der Waals surface area contributed by atoms with E-state index in [1.165, 1.54) is 31.4 Å². The SMILES string of the molecule is COC(=O)c1ccc(S(=O)(=O)NC(C)(C)CCC(=O)O)cc1. The molecule has 122 valence electrons. The average Bonchev–Trinajstić information content (AvgIpc) is 2.43. The minimum Gasteiger partial charge on any atom is -0.481 e. The lowest BCUT2D eigenvalue weighted by atomic mass is 10.0. The van der Waals surface area contributed by atoms with Crippen molar-refractivity contribution in [1.29, 1.82) is 0 Å². The Morgan fingerprint density at radius 1 is 1.23 bits per heavy atom. The highest BCUT2D eigenvalue weighted by atomic mass is 32.2. The van der Waals surface area contributed by atoms with Gasteiger partial charge in [0.2, 0.25) is 10.0 Å². The molecule has 0 amide bonds. The molecule has 8 heteroatoms. The summed E-state index contributed by atoms with van der Waals surface area (Å²) in [5.74, 6) is -1.55. The van der Waals surface area contributed by atoms with Gasteiger partial charge < -0.3 is 9.84 Å². The number of methoxy groups -OCH3 is 1. The van der Waals surface area contributed by atoms with E-state index in [1.54, 1.807) is 13.8 Å². The Kier molecular flexibility index (Phi) is 5.67. The lowest BCUT2D eigenvalue weighted by Crippen LogP contribution is -2.43. The van der Waals surface area contributed by atoms with E-state index in [0.29, 0.717) is 0 Å². The normalized spacial score (nSPS) is 12.0. The minimum absolute atomic E-state index is 0.0106. The van der Waals surface area contributed by atoms with Crippen LogP contribution in [0.15, 0.2) is 29.2 Å². The summed E-state index contributed by atoms with van der Waals surface area (Å²) in [6, 6.07) is 5.29. The van der Waals surface area contributed by atoms with Crippen LogP contribution in [0, 0.1) is 0 Å². The number of carboxylic acids is 1. The zero-order valence-electron chi connectivity index (χ0n) is 12.6. The predicted octanol–water partition coefficient (Wildman–Crippen LogP) is 1.39. The van der Waals surface area contributed by atoms with Crippen LogP contribution in [0.1, 0.15) is 37.0 Å². The molecule has 0 bridgehead atoms. The first kappa shape index (κ1) is 18.1. The molecular weight excluding hydrogens is 310 g/mol. The second-order valence-corrected chi connectivity index (χ2v) is 7.08. The third-order valence-corrected chi connectivity index (χ3v) is 4.67. The number of nitrogens with one attached hydrogen (secondary N) is 1. The number of carbonyl (C=O) groups is 2. The highest BCUT2D eigenvalue weighted by Gasteiger charge is 2.26. The second-order valence-electron chi connectivity index (χ2n) is 5.40. The Morgan fingerprint density at radius 2 is 1.77 bits per heavy atom. The van der Waals surface area contributed by atoms with Gasteiger partial charge in [-0.25, -0.2) is 17.9 Å². The average molecular weight is 329 g/mol. The lowest BCUT2D eigenvalue weighted by molar-refractivity contribution is -0.137. The molecule has 0 fully saturated rings. The maximum absolute atomic E-state index is 12.3. The molecule has 22 heavy (non-hydrogen) atoms. The second kappa shape index (κ2) is 6.89. The standard InChI is InChI=1S/C14H19NO6S/c1-14(2,9-8-12(16)17)15-22(19,20)11-6-4-10(5-7-11)13(18)21-3/h4-7,15H,8-9H2,1-3H3,(H,16,17). The summed E-state index contributed by atoms with van der Waals surface area (Å²) in [5, 5.41) is 8.68. The third-order valence-electron chi connectivity index (χ3n) is 2.96. The van der Waals surface area contributed by atoms with Gasteiger partial charge in [-0.15, -0.1) is 0 Å². The van der Waals surface area contributed by atoms with Gasteiger partial charge in [-0.05, 0) is 44.5 Å². The fourth-order valence-corrected chi connectivity index (χ4v) is 3.22. The Morgan fingerprint density at radius 3 is 2.23 bits per heavy atom. The number of aliphatic carboxylic acids is 1. The number of hydrogen-bond acceptors (Lipinski definition) is 5. The lowest BCUT2D eigenvalue weighted by Gasteiger charge is -2.25. The minimum atomic E-state index is -3.81. The molecule has 0 radical (unpaired) electrons. The first-order chi connectivity index (χ1) is 10.1. The Labute approximate surface area is 129 Å². The summed E-state index contributed by atoms with van der Waals surface area (Å²) in [6.45, 7) is 3.21. The van der Waals surface area contributed by atoms with Crippen LogP contribution >= 0.6 is 0 Å². The number of benzene rings is 1. The van der Waals surface area contributed by atoms with E-state index >= 15 is 0 Å². The van der Waals surface area contributed by atoms with Gasteiger partial charge in [0.25, 0.3) is 0 Å². The molecule has 0 aliphatic heterocycles. The largest absolute Gasteiger partial charge is 0.481 e. The molecular formula is C14H19NO6S. The molecule has 0 saturated carbocycles. The van der Waals surface area contributed by atoms with Crippen molar-refractivity contribution < 1.29 is 27.9 Å². The van der Waals surface area contributed by atoms with Gasteiger partial charge in [-0.3, -0.25) is 4.79 Å². The van der Waals surface area contributed by atoms with Gasteiger partial charge in [0.05, 0.1) is 17.6 Å². The van der Waals surface area contributed by atoms with Crippen LogP contribution in [-0.4, -0.2) is 38.1 Å². The molecule has 1 aromatic rings. The van der Waals surface area contributed by atoms with E-state index in [4.69, 9.17) is 5.11 Å². The van der Waals surface area contributed by atoms with Gasteiger partial charge >= 0.3 is 11.9 Å². The summed E-state index contributed by atoms with van der Waals surface area (Å²) < 4.78 is 31.5. The highest BCUT2D eigenvalue weighted by Crippen LogP contribution is 2.18. The van der Waals surface area contributed by atoms with Crippen LogP contribution in [0.2, 0.25) is 0 Å². The van der Waals surface area contributed by atoms with Gasteiger partial charge in [0, 0.05) is 12.0 Å². The first-order valence-corrected chi connectivity index (χ1v) is 8.00. The van der Waals surface area contributed by atoms with Crippen molar-refractivity contribution in [2.45, 2.75) is 37.1 Å². The molecule has 0 spiro atoms. The van der Waals surface area contributed by atoms with Crippen LogP contribution < -0.4 is 4.72 Å². The Hall–Kier alpha value is -1.93. The Balaban J connectivity index is 2.90. The molecule has 0 aromatic heterocycles. The van der Waals surface area contributed by atoms with Gasteiger partial charge in [0.15, 0.2) is 0 Å². The molecule has 0 aliphatic carbocycles. The predicted molar refractivity (Wildman–Crippen MR) is 79.1 cm³/mol. The number of hydrogen-bond donors (Lipinski definition) is 2. The molecule has 7 nitrogen and oxygen atoms in total. The van der Waals surface area contributed by atoms with Crippen molar-refractivity contribution in [1.82, 2.24) is 4.72 Å². The molecule has 0 saturated heterocycles. The maximum Gasteiger partial charge on any atom is 0.337 e. The molecule has 0 aliphatic rings. The van der Waals surface area contributed by atoms with Crippen LogP contribution in [0.25, 0.3) is 0 Å². The van der Waals surface area contributed by atoms with Crippen LogP contribution in [0.3, 0.4) is 0 Å². The summed E-state index contributed by atoms with van der Waals surface area (Å²) in [7, 11) is -2.57. The fourth-order valence-electron chi connectivity index (χ4n) is 1.78. The number of sulfonamides is 1. The van der Waals surface area contributed by atoms with Crippen LogP contribution in [-0.2, 0) is 19.6 Å². The highest BCUT2D eigenvalue weighted by molar-refractivity contribution is 7.89. The number of rotatable bonds is 7. The zero-order valence-corrected chi connectivity index (χ0v) is 13.4.